The third kappa shape index (κ3) is 2.03. The van der Waals surface area contributed by atoms with Crippen molar-refractivity contribution in [3.63, 3.8) is 0 Å². The minimum absolute atomic E-state index is 0.201. The van der Waals surface area contributed by atoms with Crippen LogP contribution in [0.4, 0.5) is 0 Å². The molecule has 2 heterocycles. The summed E-state index contributed by atoms with van der Waals surface area (Å²) in [5, 5.41) is 4.90. The van der Waals surface area contributed by atoms with Gasteiger partial charge < -0.3 is 0 Å². The third-order valence-corrected chi connectivity index (χ3v) is 4.99. The van der Waals surface area contributed by atoms with E-state index in [1.54, 1.807) is 43.3 Å². The molecule has 0 saturated heterocycles. The second kappa shape index (κ2) is 4.68. The molecule has 0 fully saturated rings. The number of fused-ring (bicyclic) bond motifs is 1. The molecule has 0 bridgehead atoms. The average molecular weight is 352 g/mol. The summed E-state index contributed by atoms with van der Waals surface area (Å²) >= 11 is 3.27. The largest absolute Gasteiger partial charge is 0.283 e. The van der Waals surface area contributed by atoms with Gasteiger partial charge in [0.1, 0.15) is 10.1 Å². The molecule has 0 radical (unpaired) electrons. The molecule has 0 N–H and O–H groups in total. The summed E-state index contributed by atoms with van der Waals surface area (Å²) in [6.45, 7) is 1.77. The molecule has 0 aliphatic heterocycles. The Labute approximate surface area is 124 Å². The molecule has 0 saturated carbocycles. The molecule has 0 amide bonds. The van der Waals surface area contributed by atoms with Gasteiger partial charge in [0.05, 0.1) is 16.8 Å². The minimum atomic E-state index is -3.71. The number of hydrogen-bond donors (Lipinski definition) is 0. The molecule has 3 rings (SSSR count). The van der Waals surface area contributed by atoms with Crippen LogP contribution in [-0.2, 0) is 10.0 Å². The molecule has 0 atom stereocenters. The molecule has 0 unspecified atom stereocenters. The standard InChI is InChI=1S/C13H10BrN3O2S/c1-9-11-7-13(14)15-8-12(11)17(16-9)20(18,19)10-5-3-2-4-6-10/h2-8H,1H3. The highest BCUT2D eigenvalue weighted by atomic mass is 79.9. The predicted octanol–water partition coefficient (Wildman–Crippen LogP) is 2.74. The third-order valence-electron chi connectivity index (χ3n) is 2.95. The molecule has 20 heavy (non-hydrogen) atoms. The average Bonchev–Trinajstić information content (AvgIpc) is 2.77. The first-order chi connectivity index (χ1) is 9.50. The van der Waals surface area contributed by atoms with Gasteiger partial charge in [-0.05, 0) is 41.1 Å². The van der Waals surface area contributed by atoms with Crippen LogP contribution in [0.2, 0.25) is 0 Å². The number of aromatic nitrogens is 3. The van der Waals surface area contributed by atoms with Crippen LogP contribution in [0.5, 0.6) is 0 Å². The van der Waals surface area contributed by atoms with Crippen molar-refractivity contribution in [3.8, 4) is 0 Å². The summed E-state index contributed by atoms with van der Waals surface area (Å²) in [4.78, 5) is 4.28. The van der Waals surface area contributed by atoms with Crippen LogP contribution in [0.25, 0.3) is 10.9 Å². The molecule has 1 aromatic carbocycles. The number of pyridine rings is 1. The lowest BCUT2D eigenvalue weighted by molar-refractivity contribution is 0.581. The van der Waals surface area contributed by atoms with Gasteiger partial charge in [-0.25, -0.2) is 4.98 Å². The highest BCUT2D eigenvalue weighted by molar-refractivity contribution is 9.10. The maximum absolute atomic E-state index is 12.6. The van der Waals surface area contributed by atoms with Gasteiger partial charge in [-0.2, -0.15) is 17.6 Å². The zero-order valence-electron chi connectivity index (χ0n) is 10.5. The minimum Gasteiger partial charge on any atom is -0.247 e. The van der Waals surface area contributed by atoms with E-state index >= 15 is 0 Å². The quantitative estimate of drug-likeness (QED) is 0.666. The maximum atomic E-state index is 12.6. The molecular weight excluding hydrogens is 342 g/mol. The molecule has 0 aliphatic rings. The Bertz CT molecular complexity index is 889. The Hall–Kier alpha value is -1.73. The Morgan fingerprint density at radius 1 is 1.20 bits per heavy atom. The summed E-state index contributed by atoms with van der Waals surface area (Å²) in [5.74, 6) is 0. The normalized spacial score (nSPS) is 11.9. The second-order valence-electron chi connectivity index (χ2n) is 4.27. The number of halogens is 1. The van der Waals surface area contributed by atoms with Crippen molar-refractivity contribution in [1.29, 1.82) is 0 Å². The summed E-state index contributed by atoms with van der Waals surface area (Å²) in [7, 11) is -3.71. The van der Waals surface area contributed by atoms with Gasteiger partial charge in [-0.15, -0.1) is 0 Å². The first kappa shape index (κ1) is 13.3. The van der Waals surface area contributed by atoms with Gasteiger partial charge >= 0.3 is 0 Å². The smallest absolute Gasteiger partial charge is 0.247 e. The number of rotatable bonds is 2. The van der Waals surface area contributed by atoms with Crippen LogP contribution in [0, 0.1) is 6.92 Å². The second-order valence-corrected chi connectivity index (χ2v) is 6.85. The lowest BCUT2D eigenvalue weighted by atomic mass is 10.3. The van der Waals surface area contributed by atoms with Crippen molar-refractivity contribution in [3.05, 3.63) is 52.9 Å². The van der Waals surface area contributed by atoms with Gasteiger partial charge in [0, 0.05) is 5.39 Å². The van der Waals surface area contributed by atoms with Crippen molar-refractivity contribution < 1.29 is 8.42 Å². The fraction of sp³-hybridized carbons (Fsp3) is 0.0769. The molecule has 2 aromatic heterocycles. The van der Waals surface area contributed by atoms with Gasteiger partial charge in [-0.1, -0.05) is 18.2 Å². The summed E-state index contributed by atoms with van der Waals surface area (Å²) in [5.41, 5.74) is 1.11. The Balaban J connectivity index is 2.31. The molecule has 7 heteroatoms. The topological polar surface area (TPSA) is 64.8 Å². The molecule has 3 aromatic rings. The van der Waals surface area contributed by atoms with Gasteiger partial charge in [0.15, 0.2) is 0 Å². The fourth-order valence-electron chi connectivity index (χ4n) is 1.98. The van der Waals surface area contributed by atoms with E-state index in [1.165, 1.54) is 6.20 Å². The number of aryl methyl sites for hydroxylation is 1. The first-order valence-corrected chi connectivity index (χ1v) is 8.05. The van der Waals surface area contributed by atoms with Crippen LogP contribution in [0.15, 0.2) is 52.1 Å². The number of hydrogen-bond acceptors (Lipinski definition) is 4. The van der Waals surface area contributed by atoms with Crippen molar-refractivity contribution in [1.82, 2.24) is 14.2 Å². The van der Waals surface area contributed by atoms with Crippen LogP contribution >= 0.6 is 15.9 Å². The van der Waals surface area contributed by atoms with E-state index in [2.05, 4.69) is 26.0 Å². The predicted molar refractivity (Wildman–Crippen MR) is 79.0 cm³/mol. The van der Waals surface area contributed by atoms with Crippen molar-refractivity contribution >= 4 is 36.9 Å². The Kier molecular flexibility index (Phi) is 3.10. The van der Waals surface area contributed by atoms with E-state index in [9.17, 15) is 8.42 Å². The van der Waals surface area contributed by atoms with Gasteiger partial charge in [-0.3, -0.25) is 0 Å². The zero-order valence-corrected chi connectivity index (χ0v) is 12.9. The SMILES string of the molecule is Cc1nn(S(=O)(=O)c2ccccc2)c2cnc(Br)cc12. The van der Waals surface area contributed by atoms with Crippen molar-refractivity contribution in [2.45, 2.75) is 11.8 Å². The van der Waals surface area contributed by atoms with E-state index in [-0.39, 0.29) is 4.90 Å². The number of nitrogens with zero attached hydrogens (tertiary/aromatic N) is 3. The molecular formula is C13H10BrN3O2S. The zero-order chi connectivity index (χ0) is 14.3. The van der Waals surface area contributed by atoms with E-state index in [4.69, 9.17) is 0 Å². The summed E-state index contributed by atoms with van der Waals surface area (Å²) < 4.78 is 26.9. The van der Waals surface area contributed by atoms with Crippen LogP contribution in [-0.4, -0.2) is 22.6 Å². The lowest BCUT2D eigenvalue weighted by Crippen LogP contribution is -2.14. The maximum Gasteiger partial charge on any atom is 0.283 e. The molecule has 0 spiro atoms. The molecule has 0 aliphatic carbocycles. The summed E-state index contributed by atoms with van der Waals surface area (Å²) in [6.07, 6.45) is 1.50. The van der Waals surface area contributed by atoms with Gasteiger partial charge in [0.2, 0.25) is 0 Å². The van der Waals surface area contributed by atoms with E-state index in [0.717, 1.165) is 9.47 Å². The lowest BCUT2D eigenvalue weighted by Gasteiger charge is -2.05. The highest BCUT2D eigenvalue weighted by Gasteiger charge is 2.21. The van der Waals surface area contributed by atoms with Gasteiger partial charge in [0.25, 0.3) is 10.0 Å². The number of benzene rings is 1. The van der Waals surface area contributed by atoms with Crippen molar-refractivity contribution in [2.24, 2.45) is 0 Å². The molecule has 5 nitrogen and oxygen atoms in total. The van der Waals surface area contributed by atoms with Crippen LogP contribution in [0.3, 0.4) is 0 Å². The monoisotopic (exact) mass is 351 g/mol. The fourth-order valence-corrected chi connectivity index (χ4v) is 3.65. The van der Waals surface area contributed by atoms with E-state index in [0.29, 0.717) is 15.8 Å². The van der Waals surface area contributed by atoms with Crippen LogP contribution in [0.1, 0.15) is 5.69 Å². The van der Waals surface area contributed by atoms with Crippen LogP contribution < -0.4 is 0 Å². The Morgan fingerprint density at radius 2 is 1.90 bits per heavy atom. The summed E-state index contributed by atoms with van der Waals surface area (Å²) in [6, 6.07) is 9.98. The van der Waals surface area contributed by atoms with Crippen molar-refractivity contribution in [2.75, 3.05) is 0 Å². The first-order valence-electron chi connectivity index (χ1n) is 5.81. The van der Waals surface area contributed by atoms with E-state index < -0.39 is 10.0 Å². The highest BCUT2D eigenvalue weighted by Crippen LogP contribution is 2.24. The Morgan fingerprint density at radius 3 is 2.60 bits per heavy atom. The molecule has 102 valence electrons. The van der Waals surface area contributed by atoms with E-state index in [1.807, 2.05) is 0 Å².